The highest BCUT2D eigenvalue weighted by atomic mass is 16.5. The van der Waals surface area contributed by atoms with Crippen molar-refractivity contribution in [3.63, 3.8) is 0 Å². The summed E-state index contributed by atoms with van der Waals surface area (Å²) < 4.78 is 5.61. The average Bonchev–Trinajstić information content (AvgIpc) is 2.48. The van der Waals surface area contributed by atoms with Crippen LogP contribution in [0.25, 0.3) is 0 Å². The maximum absolute atomic E-state index is 11.3. The lowest BCUT2D eigenvalue weighted by molar-refractivity contribution is -0.909. The van der Waals surface area contributed by atoms with Crippen LogP contribution in [0.4, 0.5) is 0 Å². The van der Waals surface area contributed by atoms with E-state index in [9.17, 15) is 9.90 Å². The summed E-state index contributed by atoms with van der Waals surface area (Å²) in [6.45, 7) is 7.11. The fraction of sp³-hybridized carbons (Fsp3) is 0.588. The molecule has 4 heteroatoms. The van der Waals surface area contributed by atoms with E-state index in [1.54, 1.807) is 18.2 Å². The zero-order valence-corrected chi connectivity index (χ0v) is 13.0. The fourth-order valence-corrected chi connectivity index (χ4v) is 2.76. The first-order valence-corrected chi connectivity index (χ1v) is 7.80. The van der Waals surface area contributed by atoms with Crippen LogP contribution < -0.4 is 9.64 Å². The largest absolute Gasteiger partial charge is 0.491 e. The van der Waals surface area contributed by atoms with E-state index in [0.717, 1.165) is 25.6 Å². The van der Waals surface area contributed by atoms with Gasteiger partial charge in [-0.3, -0.25) is 4.79 Å². The maximum Gasteiger partial charge on any atom is 0.159 e. The number of carbonyl (C=O) groups excluding carboxylic acids is 1. The van der Waals surface area contributed by atoms with Gasteiger partial charge in [-0.05, 0) is 37.8 Å². The number of carbonyl (C=O) groups is 1. The van der Waals surface area contributed by atoms with Crippen LogP contribution in [0, 0.1) is 5.92 Å². The Morgan fingerprint density at radius 1 is 1.43 bits per heavy atom. The lowest BCUT2D eigenvalue weighted by atomic mass is 9.99. The quantitative estimate of drug-likeness (QED) is 0.767. The molecular formula is C17H26NO3+. The number of ether oxygens (including phenoxy) is 1. The first kappa shape index (κ1) is 16.0. The Hall–Kier alpha value is -1.39. The number of rotatable bonds is 6. The van der Waals surface area contributed by atoms with Crippen LogP contribution in [0.1, 0.15) is 37.0 Å². The van der Waals surface area contributed by atoms with Crippen LogP contribution in [-0.4, -0.2) is 43.2 Å². The number of likely N-dealkylation sites (tertiary alicyclic amines) is 1. The van der Waals surface area contributed by atoms with E-state index in [1.165, 1.54) is 24.7 Å². The lowest BCUT2D eigenvalue weighted by Crippen LogP contribution is -3.14. The first-order chi connectivity index (χ1) is 10.0. The summed E-state index contributed by atoms with van der Waals surface area (Å²) in [5, 5.41) is 10.1. The van der Waals surface area contributed by atoms with Gasteiger partial charge < -0.3 is 14.7 Å². The minimum atomic E-state index is -0.464. The monoisotopic (exact) mass is 292 g/mol. The van der Waals surface area contributed by atoms with Crippen LogP contribution in [0.15, 0.2) is 24.3 Å². The molecule has 1 aliphatic rings. The molecule has 1 heterocycles. The number of benzene rings is 1. The van der Waals surface area contributed by atoms with E-state index in [4.69, 9.17) is 4.74 Å². The topological polar surface area (TPSA) is 51.0 Å². The highest BCUT2D eigenvalue weighted by molar-refractivity contribution is 5.94. The van der Waals surface area contributed by atoms with Crippen LogP contribution in [-0.2, 0) is 0 Å². The Kier molecular flexibility index (Phi) is 5.76. The van der Waals surface area contributed by atoms with Gasteiger partial charge in [0.25, 0.3) is 0 Å². The molecule has 0 spiro atoms. The predicted octanol–water partition coefficient (Wildman–Crippen LogP) is 0.944. The Bertz CT molecular complexity index is 467. The summed E-state index contributed by atoms with van der Waals surface area (Å²) in [4.78, 5) is 12.8. The minimum absolute atomic E-state index is 0.0212. The minimum Gasteiger partial charge on any atom is -0.491 e. The SMILES string of the molecule is CC(=O)c1cccc(OC[C@H](O)C[NH+]2CCC(C)CC2)c1. The van der Waals surface area contributed by atoms with Gasteiger partial charge in [0.15, 0.2) is 5.78 Å². The summed E-state index contributed by atoms with van der Waals surface area (Å²) >= 11 is 0. The van der Waals surface area contributed by atoms with Crippen LogP contribution >= 0.6 is 0 Å². The van der Waals surface area contributed by atoms with Crippen LogP contribution in [0.5, 0.6) is 5.75 Å². The van der Waals surface area contributed by atoms with Crippen molar-refractivity contribution in [3.8, 4) is 5.75 Å². The van der Waals surface area contributed by atoms with Crippen molar-refractivity contribution < 1.29 is 19.5 Å². The van der Waals surface area contributed by atoms with Crippen LogP contribution in [0.2, 0.25) is 0 Å². The van der Waals surface area contributed by atoms with Gasteiger partial charge in [0, 0.05) is 5.56 Å². The summed E-state index contributed by atoms with van der Waals surface area (Å²) in [5.41, 5.74) is 0.637. The molecule has 4 nitrogen and oxygen atoms in total. The van der Waals surface area contributed by atoms with E-state index in [1.807, 2.05) is 6.07 Å². The van der Waals surface area contributed by atoms with E-state index >= 15 is 0 Å². The summed E-state index contributed by atoms with van der Waals surface area (Å²) in [5.74, 6) is 1.48. The molecule has 2 rings (SSSR count). The number of aliphatic hydroxyl groups excluding tert-OH is 1. The third kappa shape index (κ3) is 5.14. The number of Topliss-reactive ketones (excluding diaryl/α,β-unsaturated/α-hetero) is 1. The van der Waals surface area contributed by atoms with Gasteiger partial charge in [-0.25, -0.2) is 0 Å². The highest BCUT2D eigenvalue weighted by Gasteiger charge is 2.21. The summed E-state index contributed by atoms with van der Waals surface area (Å²) in [7, 11) is 0. The second kappa shape index (κ2) is 7.57. The van der Waals surface area contributed by atoms with E-state index < -0.39 is 6.10 Å². The number of piperidine rings is 1. The zero-order chi connectivity index (χ0) is 15.2. The van der Waals surface area contributed by atoms with E-state index in [2.05, 4.69) is 6.92 Å². The Morgan fingerprint density at radius 2 is 2.14 bits per heavy atom. The molecule has 1 saturated heterocycles. The molecule has 0 unspecified atom stereocenters. The van der Waals surface area contributed by atoms with E-state index in [0.29, 0.717) is 11.3 Å². The third-order valence-corrected chi connectivity index (χ3v) is 4.19. The molecule has 2 N–H and O–H groups in total. The second-order valence-electron chi connectivity index (χ2n) is 6.19. The third-order valence-electron chi connectivity index (χ3n) is 4.19. The molecule has 21 heavy (non-hydrogen) atoms. The van der Waals surface area contributed by atoms with Crippen molar-refractivity contribution in [2.45, 2.75) is 32.8 Å². The number of nitrogens with one attached hydrogen (secondary N) is 1. The summed E-state index contributed by atoms with van der Waals surface area (Å²) in [6, 6.07) is 7.11. The number of aliphatic hydroxyl groups is 1. The average molecular weight is 292 g/mol. The molecule has 1 aromatic carbocycles. The molecule has 1 aromatic rings. The molecular weight excluding hydrogens is 266 g/mol. The number of ketones is 1. The zero-order valence-electron chi connectivity index (χ0n) is 13.0. The van der Waals surface area contributed by atoms with Gasteiger partial charge in [0.2, 0.25) is 0 Å². The van der Waals surface area contributed by atoms with Gasteiger partial charge in [-0.15, -0.1) is 0 Å². The van der Waals surface area contributed by atoms with Gasteiger partial charge in [-0.2, -0.15) is 0 Å². The fourth-order valence-electron chi connectivity index (χ4n) is 2.76. The molecule has 1 aliphatic heterocycles. The smallest absolute Gasteiger partial charge is 0.159 e. The van der Waals surface area contributed by atoms with Crippen molar-refractivity contribution in [2.75, 3.05) is 26.2 Å². The van der Waals surface area contributed by atoms with Crippen LogP contribution in [0.3, 0.4) is 0 Å². The lowest BCUT2D eigenvalue weighted by Gasteiger charge is -2.28. The molecule has 0 aromatic heterocycles. The van der Waals surface area contributed by atoms with Crippen molar-refractivity contribution in [1.82, 2.24) is 0 Å². The predicted molar refractivity (Wildman–Crippen MR) is 81.9 cm³/mol. The normalized spacial score (nSPS) is 23.6. The molecule has 0 saturated carbocycles. The Labute approximate surface area is 126 Å². The molecule has 0 amide bonds. The molecule has 116 valence electrons. The second-order valence-corrected chi connectivity index (χ2v) is 6.19. The highest BCUT2D eigenvalue weighted by Crippen LogP contribution is 2.14. The molecule has 1 fully saturated rings. The van der Waals surface area contributed by atoms with Gasteiger partial charge in [-0.1, -0.05) is 19.1 Å². The van der Waals surface area contributed by atoms with Crippen molar-refractivity contribution >= 4 is 5.78 Å². The van der Waals surface area contributed by atoms with Gasteiger partial charge in [0.1, 0.15) is 25.0 Å². The molecule has 0 bridgehead atoms. The van der Waals surface area contributed by atoms with E-state index in [-0.39, 0.29) is 12.4 Å². The maximum atomic E-state index is 11.3. The first-order valence-electron chi connectivity index (χ1n) is 7.80. The van der Waals surface area contributed by atoms with Gasteiger partial charge in [0.05, 0.1) is 13.1 Å². The number of hydrogen-bond acceptors (Lipinski definition) is 3. The van der Waals surface area contributed by atoms with Crippen molar-refractivity contribution in [2.24, 2.45) is 5.92 Å². The molecule has 0 aliphatic carbocycles. The standard InChI is InChI=1S/C17H25NO3/c1-13-6-8-18(9-7-13)11-16(20)12-21-17-5-3-4-15(10-17)14(2)19/h3-5,10,13,16,20H,6-9,11-12H2,1-2H3/p+1/t16-/m1/s1. The van der Waals surface area contributed by atoms with Crippen molar-refractivity contribution in [1.29, 1.82) is 0 Å². The number of quaternary nitrogens is 1. The van der Waals surface area contributed by atoms with Gasteiger partial charge >= 0.3 is 0 Å². The summed E-state index contributed by atoms with van der Waals surface area (Å²) in [6.07, 6.45) is 2.02. The Balaban J connectivity index is 1.77. The molecule has 0 radical (unpaired) electrons. The van der Waals surface area contributed by atoms with Crippen molar-refractivity contribution in [3.05, 3.63) is 29.8 Å². The number of hydrogen-bond donors (Lipinski definition) is 2. The Morgan fingerprint density at radius 3 is 2.81 bits per heavy atom. The molecule has 1 atom stereocenters.